The molecule has 0 radical (unpaired) electrons. The van der Waals surface area contributed by atoms with Crippen molar-refractivity contribution < 1.29 is 13.2 Å². The minimum atomic E-state index is -2.86. The highest BCUT2D eigenvalue weighted by Gasteiger charge is 2.20. The SMILES string of the molecule is Fc1c(CCl)cnc(I)c1C(F)F. The Bertz CT molecular complexity index is 319. The number of rotatable bonds is 2. The van der Waals surface area contributed by atoms with E-state index in [0.29, 0.717) is 0 Å². The minimum absolute atomic E-state index is 0.00242. The number of aromatic nitrogens is 1. The summed E-state index contributed by atoms with van der Waals surface area (Å²) < 4.78 is 37.7. The molecule has 1 rings (SSSR count). The number of pyridine rings is 1. The van der Waals surface area contributed by atoms with Crippen molar-refractivity contribution in [2.24, 2.45) is 0 Å². The van der Waals surface area contributed by atoms with E-state index in [1.54, 1.807) is 22.6 Å². The molecule has 0 amide bonds. The zero-order valence-corrected chi connectivity index (χ0v) is 9.11. The Labute approximate surface area is 91.4 Å². The van der Waals surface area contributed by atoms with Crippen LogP contribution < -0.4 is 0 Å². The van der Waals surface area contributed by atoms with Gasteiger partial charge in [-0.25, -0.2) is 18.2 Å². The molecule has 0 aliphatic heterocycles. The van der Waals surface area contributed by atoms with Crippen LogP contribution in [-0.2, 0) is 5.88 Å². The van der Waals surface area contributed by atoms with E-state index in [1.165, 1.54) is 0 Å². The van der Waals surface area contributed by atoms with Crippen LogP contribution in [0.4, 0.5) is 13.2 Å². The van der Waals surface area contributed by atoms with Gasteiger partial charge in [0.1, 0.15) is 9.52 Å². The fourth-order valence-electron chi connectivity index (χ4n) is 0.803. The van der Waals surface area contributed by atoms with Gasteiger partial charge in [0.2, 0.25) is 0 Å². The quantitative estimate of drug-likeness (QED) is 0.461. The smallest absolute Gasteiger partial charge is 0.249 e. The van der Waals surface area contributed by atoms with Crippen molar-refractivity contribution in [2.75, 3.05) is 0 Å². The van der Waals surface area contributed by atoms with E-state index in [2.05, 4.69) is 4.98 Å². The summed E-state index contributed by atoms with van der Waals surface area (Å²) in [5, 5.41) is 0. The summed E-state index contributed by atoms with van der Waals surface area (Å²) in [4.78, 5) is 3.61. The zero-order chi connectivity index (χ0) is 10.0. The number of alkyl halides is 3. The molecule has 0 aliphatic rings. The summed E-state index contributed by atoms with van der Waals surface area (Å²) in [6, 6.07) is 0. The standard InChI is InChI=1S/C7H4ClF3IN/c8-1-3-2-13-7(12)4(5(3)9)6(10)11/h2,6H,1H2. The van der Waals surface area contributed by atoms with Crippen LogP contribution in [0.1, 0.15) is 17.6 Å². The van der Waals surface area contributed by atoms with E-state index in [1.807, 2.05) is 0 Å². The predicted octanol–water partition coefficient (Wildman–Crippen LogP) is 3.50. The highest BCUT2D eigenvalue weighted by Crippen LogP contribution is 2.27. The van der Waals surface area contributed by atoms with E-state index in [4.69, 9.17) is 11.6 Å². The lowest BCUT2D eigenvalue weighted by molar-refractivity contribution is 0.144. The summed E-state index contributed by atoms with van der Waals surface area (Å²) >= 11 is 6.89. The molecule has 0 aromatic carbocycles. The Morgan fingerprint density at radius 3 is 2.62 bits per heavy atom. The topological polar surface area (TPSA) is 12.9 Å². The molecule has 0 saturated carbocycles. The van der Waals surface area contributed by atoms with E-state index in [0.717, 1.165) is 6.20 Å². The number of hydrogen-bond donors (Lipinski definition) is 0. The first-order valence-electron chi connectivity index (χ1n) is 3.24. The second-order valence-electron chi connectivity index (χ2n) is 2.24. The summed E-state index contributed by atoms with van der Waals surface area (Å²) in [6.45, 7) is 0. The van der Waals surface area contributed by atoms with Crippen molar-refractivity contribution in [3.63, 3.8) is 0 Å². The molecule has 72 valence electrons. The van der Waals surface area contributed by atoms with Gasteiger partial charge in [0, 0.05) is 11.8 Å². The average Bonchev–Trinajstić information content (AvgIpc) is 2.04. The van der Waals surface area contributed by atoms with Crippen molar-refractivity contribution in [1.82, 2.24) is 4.98 Å². The van der Waals surface area contributed by atoms with Gasteiger partial charge in [0.25, 0.3) is 6.43 Å². The second kappa shape index (κ2) is 4.45. The van der Waals surface area contributed by atoms with Crippen molar-refractivity contribution >= 4 is 34.2 Å². The Hall–Kier alpha value is -0.0400. The van der Waals surface area contributed by atoms with E-state index in [-0.39, 0.29) is 15.1 Å². The van der Waals surface area contributed by atoms with Crippen LogP contribution in [0.2, 0.25) is 0 Å². The number of halogens is 5. The molecular formula is C7H4ClF3IN. The summed E-state index contributed by atoms with van der Waals surface area (Å²) in [5.41, 5.74) is -0.670. The molecule has 0 spiro atoms. The highest BCUT2D eigenvalue weighted by molar-refractivity contribution is 14.1. The maximum absolute atomic E-state index is 13.2. The Balaban J connectivity index is 3.30. The average molecular weight is 321 g/mol. The third-order valence-electron chi connectivity index (χ3n) is 1.44. The molecule has 0 unspecified atom stereocenters. The molecule has 1 nitrogen and oxygen atoms in total. The summed E-state index contributed by atoms with van der Waals surface area (Å²) in [6.07, 6.45) is -1.70. The van der Waals surface area contributed by atoms with E-state index < -0.39 is 17.8 Å². The van der Waals surface area contributed by atoms with Gasteiger partial charge in [-0.15, -0.1) is 11.6 Å². The van der Waals surface area contributed by atoms with Gasteiger partial charge in [-0.1, -0.05) is 0 Å². The lowest BCUT2D eigenvalue weighted by Gasteiger charge is -2.06. The fraction of sp³-hybridized carbons (Fsp3) is 0.286. The van der Waals surface area contributed by atoms with Crippen LogP contribution >= 0.6 is 34.2 Å². The maximum Gasteiger partial charge on any atom is 0.269 e. The Morgan fingerprint density at radius 1 is 1.54 bits per heavy atom. The molecule has 6 heteroatoms. The van der Waals surface area contributed by atoms with Gasteiger partial charge in [-0.3, -0.25) is 0 Å². The first kappa shape index (κ1) is 11.0. The van der Waals surface area contributed by atoms with Crippen molar-refractivity contribution in [3.8, 4) is 0 Å². The Kier molecular flexibility index (Phi) is 3.78. The van der Waals surface area contributed by atoms with Gasteiger partial charge in [-0.05, 0) is 22.6 Å². The fourth-order valence-corrected chi connectivity index (χ4v) is 1.60. The van der Waals surface area contributed by atoms with Crippen molar-refractivity contribution in [2.45, 2.75) is 12.3 Å². The number of nitrogens with zero attached hydrogens (tertiary/aromatic N) is 1. The molecule has 13 heavy (non-hydrogen) atoms. The molecule has 0 aliphatic carbocycles. The molecule has 0 bridgehead atoms. The predicted molar refractivity (Wildman–Crippen MR) is 51.4 cm³/mol. The van der Waals surface area contributed by atoms with Crippen LogP contribution in [0.5, 0.6) is 0 Å². The maximum atomic E-state index is 13.2. The minimum Gasteiger partial charge on any atom is -0.249 e. The lowest BCUT2D eigenvalue weighted by Crippen LogP contribution is -2.01. The van der Waals surface area contributed by atoms with Crippen LogP contribution in [0.25, 0.3) is 0 Å². The third-order valence-corrected chi connectivity index (χ3v) is 2.58. The van der Waals surface area contributed by atoms with Gasteiger partial charge in [-0.2, -0.15) is 0 Å². The largest absolute Gasteiger partial charge is 0.269 e. The number of hydrogen-bond acceptors (Lipinski definition) is 1. The van der Waals surface area contributed by atoms with Crippen LogP contribution in [0.3, 0.4) is 0 Å². The Morgan fingerprint density at radius 2 is 2.15 bits per heavy atom. The molecule has 1 aromatic rings. The van der Waals surface area contributed by atoms with Crippen LogP contribution in [0, 0.1) is 9.52 Å². The molecular weight excluding hydrogens is 317 g/mol. The zero-order valence-electron chi connectivity index (χ0n) is 6.20. The monoisotopic (exact) mass is 321 g/mol. The molecule has 0 saturated heterocycles. The van der Waals surface area contributed by atoms with Gasteiger partial charge < -0.3 is 0 Å². The van der Waals surface area contributed by atoms with Crippen LogP contribution in [-0.4, -0.2) is 4.98 Å². The first-order valence-corrected chi connectivity index (χ1v) is 4.86. The third kappa shape index (κ3) is 2.25. The lowest BCUT2D eigenvalue weighted by atomic mass is 10.2. The van der Waals surface area contributed by atoms with Gasteiger partial charge in [0.15, 0.2) is 0 Å². The van der Waals surface area contributed by atoms with E-state index >= 15 is 0 Å². The van der Waals surface area contributed by atoms with E-state index in [9.17, 15) is 13.2 Å². The normalized spacial score (nSPS) is 10.9. The molecule has 0 atom stereocenters. The first-order chi connectivity index (χ1) is 6.07. The van der Waals surface area contributed by atoms with Gasteiger partial charge >= 0.3 is 0 Å². The van der Waals surface area contributed by atoms with Crippen molar-refractivity contribution in [3.05, 3.63) is 26.8 Å². The molecule has 0 fully saturated rings. The molecule has 0 N–H and O–H groups in total. The summed E-state index contributed by atoms with van der Waals surface area (Å²) in [5.74, 6) is -1.11. The second-order valence-corrected chi connectivity index (χ2v) is 3.53. The van der Waals surface area contributed by atoms with Crippen molar-refractivity contribution in [1.29, 1.82) is 0 Å². The van der Waals surface area contributed by atoms with Crippen LogP contribution in [0.15, 0.2) is 6.20 Å². The molecule has 1 heterocycles. The van der Waals surface area contributed by atoms with Gasteiger partial charge in [0.05, 0.1) is 11.4 Å². The highest BCUT2D eigenvalue weighted by atomic mass is 127. The molecule has 1 aromatic heterocycles. The summed E-state index contributed by atoms with van der Waals surface area (Å²) in [7, 11) is 0.